The molecule has 1 heterocycles. The molecule has 0 atom stereocenters. The first-order valence-electron chi connectivity index (χ1n) is 6.06. The van der Waals surface area contributed by atoms with Gasteiger partial charge < -0.3 is 15.4 Å². The van der Waals surface area contributed by atoms with Gasteiger partial charge in [-0.25, -0.2) is 0 Å². The number of nitrogen functional groups attached to an aromatic ring is 1. The van der Waals surface area contributed by atoms with Crippen molar-refractivity contribution in [1.29, 1.82) is 0 Å². The van der Waals surface area contributed by atoms with Crippen LogP contribution in [0, 0.1) is 0 Å². The van der Waals surface area contributed by atoms with Gasteiger partial charge in [-0.15, -0.1) is 0 Å². The Balaban J connectivity index is 1.86. The highest BCUT2D eigenvalue weighted by Gasteiger charge is 2.16. The number of rotatable bonds is 4. The maximum absolute atomic E-state index is 10.3. The summed E-state index contributed by atoms with van der Waals surface area (Å²) in [5.74, 6) is 0. The number of piperazine rings is 1. The van der Waals surface area contributed by atoms with Crippen LogP contribution in [0.15, 0.2) is 24.3 Å². The van der Waals surface area contributed by atoms with Crippen molar-refractivity contribution in [3.05, 3.63) is 24.3 Å². The summed E-state index contributed by atoms with van der Waals surface area (Å²) in [5.41, 5.74) is 7.71. The summed E-state index contributed by atoms with van der Waals surface area (Å²) in [7, 11) is 0. The van der Waals surface area contributed by atoms with E-state index in [2.05, 4.69) is 21.9 Å². The number of hydrogen-bond acceptors (Lipinski definition) is 4. The molecule has 4 nitrogen and oxygen atoms in total. The molecule has 0 saturated carbocycles. The lowest BCUT2D eigenvalue weighted by molar-refractivity contribution is -0.108. The first-order chi connectivity index (χ1) is 8.29. The molecular weight excluding hydrogens is 214 g/mol. The number of benzene rings is 1. The van der Waals surface area contributed by atoms with Crippen LogP contribution in [0.3, 0.4) is 0 Å². The van der Waals surface area contributed by atoms with E-state index in [4.69, 9.17) is 5.73 Å². The molecule has 1 fully saturated rings. The smallest absolute Gasteiger partial charge is 0.121 e. The molecule has 1 aromatic rings. The van der Waals surface area contributed by atoms with Crippen LogP contribution >= 0.6 is 0 Å². The predicted octanol–water partition coefficient (Wildman–Crippen LogP) is 0.980. The fourth-order valence-corrected chi connectivity index (χ4v) is 2.15. The first-order valence-corrected chi connectivity index (χ1v) is 6.06. The molecule has 0 bridgehead atoms. The Labute approximate surface area is 102 Å². The van der Waals surface area contributed by atoms with Gasteiger partial charge in [0, 0.05) is 50.5 Å². The Kier molecular flexibility index (Phi) is 3.98. The molecule has 1 aliphatic rings. The summed E-state index contributed by atoms with van der Waals surface area (Å²) in [6, 6.07) is 8.01. The summed E-state index contributed by atoms with van der Waals surface area (Å²) < 4.78 is 0. The van der Waals surface area contributed by atoms with Gasteiger partial charge in [0.1, 0.15) is 6.29 Å². The van der Waals surface area contributed by atoms with Crippen molar-refractivity contribution in [2.45, 2.75) is 6.42 Å². The molecule has 1 aromatic carbocycles. The van der Waals surface area contributed by atoms with E-state index in [-0.39, 0.29) is 0 Å². The minimum absolute atomic E-state index is 0.641. The number of anilines is 2. The molecule has 4 heteroatoms. The molecule has 0 aromatic heterocycles. The average molecular weight is 233 g/mol. The minimum atomic E-state index is 0.641. The van der Waals surface area contributed by atoms with E-state index >= 15 is 0 Å². The second kappa shape index (κ2) is 5.68. The zero-order valence-electron chi connectivity index (χ0n) is 10.0. The van der Waals surface area contributed by atoms with Gasteiger partial charge in [0.05, 0.1) is 0 Å². The molecule has 92 valence electrons. The second-order valence-electron chi connectivity index (χ2n) is 4.38. The third kappa shape index (κ3) is 3.20. The highest BCUT2D eigenvalue weighted by atomic mass is 16.1. The van der Waals surface area contributed by atoms with E-state index in [0.29, 0.717) is 6.42 Å². The van der Waals surface area contributed by atoms with Gasteiger partial charge in [-0.1, -0.05) is 0 Å². The number of nitrogens with two attached hydrogens (primary N) is 1. The summed E-state index contributed by atoms with van der Waals surface area (Å²) in [6.07, 6.45) is 1.63. The number of carbonyl (C=O) groups excluding carboxylic acids is 1. The van der Waals surface area contributed by atoms with Crippen molar-refractivity contribution in [3.63, 3.8) is 0 Å². The van der Waals surface area contributed by atoms with E-state index in [9.17, 15) is 4.79 Å². The van der Waals surface area contributed by atoms with Crippen LogP contribution < -0.4 is 10.6 Å². The van der Waals surface area contributed by atoms with Crippen LogP contribution in [0.4, 0.5) is 11.4 Å². The summed E-state index contributed by atoms with van der Waals surface area (Å²) in [6.45, 7) is 4.97. The molecule has 0 aliphatic carbocycles. The van der Waals surface area contributed by atoms with Gasteiger partial charge in [0.15, 0.2) is 0 Å². The maximum Gasteiger partial charge on any atom is 0.121 e. The monoisotopic (exact) mass is 233 g/mol. The molecule has 1 saturated heterocycles. The van der Waals surface area contributed by atoms with Gasteiger partial charge in [0.2, 0.25) is 0 Å². The summed E-state index contributed by atoms with van der Waals surface area (Å²) >= 11 is 0. The van der Waals surface area contributed by atoms with Crippen molar-refractivity contribution in [1.82, 2.24) is 4.90 Å². The molecule has 2 N–H and O–H groups in total. The molecule has 0 spiro atoms. The van der Waals surface area contributed by atoms with Crippen molar-refractivity contribution in [2.75, 3.05) is 43.4 Å². The molecular formula is C13H19N3O. The largest absolute Gasteiger partial charge is 0.399 e. The zero-order chi connectivity index (χ0) is 12.1. The molecule has 1 aliphatic heterocycles. The lowest BCUT2D eigenvalue weighted by Crippen LogP contribution is -2.46. The van der Waals surface area contributed by atoms with Gasteiger partial charge in [-0.2, -0.15) is 0 Å². The fourth-order valence-electron chi connectivity index (χ4n) is 2.15. The fraction of sp³-hybridized carbons (Fsp3) is 0.462. The van der Waals surface area contributed by atoms with E-state index in [1.54, 1.807) is 0 Å². The Morgan fingerprint density at radius 1 is 1.12 bits per heavy atom. The van der Waals surface area contributed by atoms with Gasteiger partial charge in [0.25, 0.3) is 0 Å². The lowest BCUT2D eigenvalue weighted by Gasteiger charge is -2.35. The average Bonchev–Trinajstić information content (AvgIpc) is 2.38. The quantitative estimate of drug-likeness (QED) is 0.622. The third-order valence-corrected chi connectivity index (χ3v) is 3.19. The highest BCUT2D eigenvalue weighted by Crippen LogP contribution is 2.17. The third-order valence-electron chi connectivity index (χ3n) is 3.19. The second-order valence-corrected chi connectivity index (χ2v) is 4.38. The Morgan fingerprint density at radius 2 is 1.76 bits per heavy atom. The highest BCUT2D eigenvalue weighted by molar-refractivity contribution is 5.53. The molecule has 0 radical (unpaired) electrons. The summed E-state index contributed by atoms with van der Waals surface area (Å²) in [5, 5.41) is 0. The van der Waals surface area contributed by atoms with Crippen molar-refractivity contribution >= 4 is 17.7 Å². The van der Waals surface area contributed by atoms with Crippen molar-refractivity contribution < 1.29 is 4.79 Å². The lowest BCUT2D eigenvalue weighted by atomic mass is 10.2. The van der Waals surface area contributed by atoms with E-state index in [1.165, 1.54) is 5.69 Å². The zero-order valence-corrected chi connectivity index (χ0v) is 10.0. The van der Waals surface area contributed by atoms with Gasteiger partial charge >= 0.3 is 0 Å². The number of aldehydes is 1. The Morgan fingerprint density at radius 3 is 2.35 bits per heavy atom. The Bertz CT molecular complexity index is 355. The van der Waals surface area contributed by atoms with Crippen LogP contribution in [0.5, 0.6) is 0 Å². The molecule has 17 heavy (non-hydrogen) atoms. The van der Waals surface area contributed by atoms with E-state index in [0.717, 1.165) is 44.7 Å². The normalized spacial score (nSPS) is 17.1. The number of nitrogens with zero attached hydrogens (tertiary/aromatic N) is 2. The van der Waals surface area contributed by atoms with E-state index in [1.807, 2.05) is 12.1 Å². The number of hydrogen-bond donors (Lipinski definition) is 1. The van der Waals surface area contributed by atoms with Crippen LogP contribution in [0.2, 0.25) is 0 Å². The number of carbonyl (C=O) groups is 1. The summed E-state index contributed by atoms with van der Waals surface area (Å²) in [4.78, 5) is 15.0. The topological polar surface area (TPSA) is 49.6 Å². The molecule has 0 unspecified atom stereocenters. The minimum Gasteiger partial charge on any atom is -0.399 e. The van der Waals surface area contributed by atoms with Crippen LogP contribution in [-0.4, -0.2) is 43.9 Å². The molecule has 2 rings (SSSR count). The standard InChI is InChI=1S/C13H19N3O/c14-12-2-4-13(5-3-12)16-9-7-15(8-10-16)6-1-11-17/h2-5,11H,1,6-10,14H2. The van der Waals surface area contributed by atoms with E-state index < -0.39 is 0 Å². The van der Waals surface area contributed by atoms with Crippen LogP contribution in [0.25, 0.3) is 0 Å². The van der Waals surface area contributed by atoms with Crippen LogP contribution in [-0.2, 0) is 4.79 Å². The predicted molar refractivity (Wildman–Crippen MR) is 70.2 cm³/mol. The van der Waals surface area contributed by atoms with Gasteiger partial charge in [-0.3, -0.25) is 4.90 Å². The van der Waals surface area contributed by atoms with Crippen molar-refractivity contribution in [3.8, 4) is 0 Å². The van der Waals surface area contributed by atoms with Gasteiger partial charge in [-0.05, 0) is 24.3 Å². The maximum atomic E-state index is 10.3. The first kappa shape index (κ1) is 11.9. The van der Waals surface area contributed by atoms with Crippen molar-refractivity contribution in [2.24, 2.45) is 0 Å². The molecule has 0 amide bonds. The SMILES string of the molecule is Nc1ccc(N2CCN(CCC=O)CC2)cc1. The van der Waals surface area contributed by atoms with Crippen LogP contribution in [0.1, 0.15) is 6.42 Å². The Hall–Kier alpha value is -1.55.